The third kappa shape index (κ3) is 4.02. The molecule has 6 heteroatoms. The Bertz CT molecular complexity index is 820. The molecule has 2 aromatic carbocycles. The number of carbonyl (C=O) groups excluding carboxylic acids is 2. The average Bonchev–Trinajstić information content (AvgIpc) is 3.05. The van der Waals surface area contributed by atoms with Gasteiger partial charge in [-0.15, -0.1) is 0 Å². The van der Waals surface area contributed by atoms with Gasteiger partial charge in [0.05, 0.1) is 0 Å². The summed E-state index contributed by atoms with van der Waals surface area (Å²) in [5.41, 5.74) is 2.94. The fourth-order valence-corrected chi connectivity index (χ4v) is 2.82. The van der Waals surface area contributed by atoms with E-state index in [4.69, 9.17) is 0 Å². The van der Waals surface area contributed by atoms with Crippen molar-refractivity contribution in [3.63, 3.8) is 0 Å². The zero-order valence-electron chi connectivity index (χ0n) is 14.9. The van der Waals surface area contributed by atoms with E-state index in [2.05, 4.69) is 10.6 Å². The van der Waals surface area contributed by atoms with E-state index in [1.165, 1.54) is 12.1 Å². The lowest BCUT2D eigenvalue weighted by Gasteiger charge is -2.16. The van der Waals surface area contributed by atoms with Gasteiger partial charge in [-0.1, -0.05) is 13.0 Å². The molecule has 3 amide bonds. The summed E-state index contributed by atoms with van der Waals surface area (Å²) in [6.07, 6.45) is 0.863. The minimum absolute atomic E-state index is 0.114. The molecular formula is C20H22FN3O2. The number of nitrogens with one attached hydrogen (secondary N) is 2. The topological polar surface area (TPSA) is 61.4 Å². The van der Waals surface area contributed by atoms with E-state index in [0.29, 0.717) is 24.3 Å². The summed E-state index contributed by atoms with van der Waals surface area (Å²) in [4.78, 5) is 26.1. The maximum atomic E-state index is 13.3. The van der Waals surface area contributed by atoms with Gasteiger partial charge in [0.2, 0.25) is 0 Å². The van der Waals surface area contributed by atoms with E-state index in [-0.39, 0.29) is 23.8 Å². The quantitative estimate of drug-likeness (QED) is 0.874. The highest BCUT2D eigenvalue weighted by atomic mass is 19.1. The Morgan fingerprint density at radius 2 is 1.81 bits per heavy atom. The molecule has 1 heterocycles. The van der Waals surface area contributed by atoms with Gasteiger partial charge in [-0.2, -0.15) is 0 Å². The van der Waals surface area contributed by atoms with Gasteiger partial charge in [-0.3, -0.25) is 4.79 Å². The molecule has 26 heavy (non-hydrogen) atoms. The highest BCUT2D eigenvalue weighted by molar-refractivity contribution is 5.95. The first kappa shape index (κ1) is 17.9. The van der Waals surface area contributed by atoms with E-state index in [1.54, 1.807) is 35.2 Å². The molecule has 3 rings (SSSR count). The number of fused-ring (bicyclic) bond motifs is 1. The Hall–Kier alpha value is -2.89. The van der Waals surface area contributed by atoms with Gasteiger partial charge in [0.25, 0.3) is 5.91 Å². The molecule has 0 saturated carbocycles. The SMILES string of the molecule is CC[C@@H](C)NC(=O)c1ccc(NC(=O)N2Cc3ccc(F)cc3C2)cc1. The van der Waals surface area contributed by atoms with E-state index in [0.717, 1.165) is 17.5 Å². The number of amides is 3. The first-order valence-electron chi connectivity index (χ1n) is 8.70. The summed E-state index contributed by atoms with van der Waals surface area (Å²) in [6, 6.07) is 11.2. The molecule has 0 aliphatic carbocycles. The molecule has 0 bridgehead atoms. The monoisotopic (exact) mass is 355 g/mol. The van der Waals surface area contributed by atoms with Crippen molar-refractivity contribution in [3.05, 3.63) is 65.0 Å². The molecule has 136 valence electrons. The molecule has 0 spiro atoms. The van der Waals surface area contributed by atoms with Crippen molar-refractivity contribution in [3.8, 4) is 0 Å². The molecule has 0 fully saturated rings. The Labute approximate surface area is 152 Å². The second-order valence-corrected chi connectivity index (χ2v) is 6.56. The number of nitrogens with zero attached hydrogens (tertiary/aromatic N) is 1. The maximum Gasteiger partial charge on any atom is 0.322 e. The lowest BCUT2D eigenvalue weighted by atomic mass is 10.1. The van der Waals surface area contributed by atoms with Crippen LogP contribution in [0.25, 0.3) is 0 Å². The van der Waals surface area contributed by atoms with Gasteiger partial charge in [-0.25, -0.2) is 9.18 Å². The summed E-state index contributed by atoms with van der Waals surface area (Å²) in [5, 5.41) is 5.71. The number of benzene rings is 2. The smallest absolute Gasteiger partial charge is 0.322 e. The van der Waals surface area contributed by atoms with Gasteiger partial charge in [-0.05, 0) is 60.9 Å². The summed E-state index contributed by atoms with van der Waals surface area (Å²) >= 11 is 0. The Morgan fingerprint density at radius 3 is 2.50 bits per heavy atom. The van der Waals surface area contributed by atoms with E-state index in [9.17, 15) is 14.0 Å². The standard InChI is InChI=1S/C20H22FN3O2/c1-3-13(2)22-19(25)14-5-8-18(9-6-14)23-20(26)24-11-15-4-7-17(21)10-16(15)12-24/h4-10,13H,3,11-12H2,1-2H3,(H,22,25)(H,23,26)/t13-/m1/s1. The van der Waals surface area contributed by atoms with Crippen LogP contribution in [-0.4, -0.2) is 22.9 Å². The lowest BCUT2D eigenvalue weighted by molar-refractivity contribution is 0.0939. The van der Waals surface area contributed by atoms with Crippen molar-refractivity contribution in [2.24, 2.45) is 0 Å². The van der Waals surface area contributed by atoms with Gasteiger partial charge >= 0.3 is 6.03 Å². The molecule has 2 aromatic rings. The maximum absolute atomic E-state index is 13.3. The highest BCUT2D eigenvalue weighted by Crippen LogP contribution is 2.24. The minimum Gasteiger partial charge on any atom is -0.350 e. The largest absolute Gasteiger partial charge is 0.350 e. The number of hydrogen-bond acceptors (Lipinski definition) is 2. The lowest BCUT2D eigenvalue weighted by Crippen LogP contribution is -2.32. The molecule has 1 aliphatic heterocycles. The van der Waals surface area contributed by atoms with Crippen LogP contribution in [0.15, 0.2) is 42.5 Å². The highest BCUT2D eigenvalue weighted by Gasteiger charge is 2.23. The number of urea groups is 1. The fourth-order valence-electron chi connectivity index (χ4n) is 2.82. The zero-order chi connectivity index (χ0) is 18.7. The van der Waals surface area contributed by atoms with Crippen molar-refractivity contribution in [2.45, 2.75) is 39.4 Å². The molecular weight excluding hydrogens is 333 g/mol. The van der Waals surface area contributed by atoms with Crippen LogP contribution in [0.2, 0.25) is 0 Å². The molecule has 5 nitrogen and oxygen atoms in total. The molecule has 0 aromatic heterocycles. The van der Waals surface area contributed by atoms with Crippen LogP contribution >= 0.6 is 0 Å². The third-order valence-electron chi connectivity index (χ3n) is 4.57. The van der Waals surface area contributed by atoms with E-state index < -0.39 is 0 Å². The number of anilines is 1. The van der Waals surface area contributed by atoms with Crippen LogP contribution in [0.3, 0.4) is 0 Å². The Balaban J connectivity index is 1.59. The van der Waals surface area contributed by atoms with E-state index in [1.807, 2.05) is 13.8 Å². The molecule has 1 atom stereocenters. The molecule has 0 radical (unpaired) electrons. The van der Waals surface area contributed by atoms with Gasteiger partial charge in [0.1, 0.15) is 5.82 Å². The van der Waals surface area contributed by atoms with Crippen molar-refractivity contribution in [1.29, 1.82) is 0 Å². The van der Waals surface area contributed by atoms with Crippen molar-refractivity contribution in [2.75, 3.05) is 5.32 Å². The van der Waals surface area contributed by atoms with Gasteiger partial charge in [0.15, 0.2) is 0 Å². The summed E-state index contributed by atoms with van der Waals surface area (Å²) in [7, 11) is 0. The first-order chi connectivity index (χ1) is 12.5. The molecule has 2 N–H and O–H groups in total. The fraction of sp³-hybridized carbons (Fsp3) is 0.300. The third-order valence-corrected chi connectivity index (χ3v) is 4.57. The van der Waals surface area contributed by atoms with Crippen LogP contribution in [-0.2, 0) is 13.1 Å². The van der Waals surface area contributed by atoms with Crippen LogP contribution in [0, 0.1) is 5.82 Å². The second kappa shape index (κ2) is 7.56. The molecule has 0 saturated heterocycles. The van der Waals surface area contributed by atoms with Crippen LogP contribution in [0.5, 0.6) is 0 Å². The number of halogens is 1. The predicted molar refractivity (Wildman–Crippen MR) is 98.3 cm³/mol. The summed E-state index contributed by atoms with van der Waals surface area (Å²) < 4.78 is 13.3. The van der Waals surface area contributed by atoms with Crippen molar-refractivity contribution in [1.82, 2.24) is 10.2 Å². The normalized spacial score (nSPS) is 13.9. The molecule has 0 unspecified atom stereocenters. The first-order valence-corrected chi connectivity index (χ1v) is 8.70. The second-order valence-electron chi connectivity index (χ2n) is 6.56. The number of hydrogen-bond donors (Lipinski definition) is 2. The van der Waals surface area contributed by atoms with Gasteiger partial charge < -0.3 is 15.5 Å². The Morgan fingerprint density at radius 1 is 1.12 bits per heavy atom. The van der Waals surface area contributed by atoms with Crippen molar-refractivity contribution >= 4 is 17.6 Å². The summed E-state index contributed by atoms with van der Waals surface area (Å²) in [5.74, 6) is -0.425. The minimum atomic E-state index is -0.294. The van der Waals surface area contributed by atoms with Crippen LogP contribution < -0.4 is 10.6 Å². The molecule has 1 aliphatic rings. The Kier molecular flexibility index (Phi) is 5.21. The summed E-state index contributed by atoms with van der Waals surface area (Å²) in [6.45, 7) is 4.80. The van der Waals surface area contributed by atoms with Crippen LogP contribution in [0.1, 0.15) is 41.8 Å². The van der Waals surface area contributed by atoms with Crippen molar-refractivity contribution < 1.29 is 14.0 Å². The predicted octanol–water partition coefficient (Wildman–Crippen LogP) is 3.90. The van der Waals surface area contributed by atoms with Gasteiger partial charge in [0, 0.05) is 30.4 Å². The zero-order valence-corrected chi connectivity index (χ0v) is 14.9. The number of rotatable bonds is 4. The number of carbonyl (C=O) groups is 2. The van der Waals surface area contributed by atoms with Crippen LogP contribution in [0.4, 0.5) is 14.9 Å². The average molecular weight is 355 g/mol. The van der Waals surface area contributed by atoms with E-state index >= 15 is 0 Å².